The number of benzene rings is 1. The number of fused-ring (bicyclic) bond motifs is 1. The second kappa shape index (κ2) is 6.79. The van der Waals surface area contributed by atoms with Gasteiger partial charge in [0.05, 0.1) is 0 Å². The Labute approximate surface area is 139 Å². The summed E-state index contributed by atoms with van der Waals surface area (Å²) in [6.45, 7) is 2.24. The highest BCUT2D eigenvalue weighted by atomic mass is 32.1. The molecule has 2 aromatic rings. The zero-order valence-corrected chi connectivity index (χ0v) is 13.6. The van der Waals surface area contributed by atoms with Gasteiger partial charge in [0.25, 0.3) is 5.91 Å². The minimum absolute atomic E-state index is 0.187. The number of anilines is 1. The predicted molar refractivity (Wildman–Crippen MR) is 91.4 cm³/mol. The van der Waals surface area contributed by atoms with Crippen molar-refractivity contribution in [2.75, 3.05) is 11.4 Å². The average molecular weight is 327 g/mol. The molecule has 0 saturated heterocycles. The fourth-order valence-electron chi connectivity index (χ4n) is 2.59. The van der Waals surface area contributed by atoms with Crippen molar-refractivity contribution in [1.29, 1.82) is 0 Å². The van der Waals surface area contributed by atoms with E-state index in [1.165, 1.54) is 17.4 Å². The van der Waals surface area contributed by atoms with Crippen LogP contribution in [-0.4, -0.2) is 24.5 Å². The second-order valence-electron chi connectivity index (χ2n) is 5.30. The first-order valence-corrected chi connectivity index (χ1v) is 8.34. The molecule has 4 nitrogen and oxygen atoms in total. The summed E-state index contributed by atoms with van der Waals surface area (Å²) in [5.41, 5.74) is 2.06. The first kappa shape index (κ1) is 15.5. The molecule has 2 heterocycles. The number of ether oxygens (including phenoxy) is 1. The molecule has 5 heteroatoms. The van der Waals surface area contributed by atoms with E-state index < -0.39 is 12.1 Å². The lowest BCUT2D eigenvalue weighted by molar-refractivity contribution is -0.149. The van der Waals surface area contributed by atoms with E-state index in [1.54, 1.807) is 17.9 Å². The molecule has 0 aliphatic carbocycles. The van der Waals surface area contributed by atoms with E-state index in [1.807, 2.05) is 41.8 Å². The first-order chi connectivity index (χ1) is 11.1. The molecular formula is C18H17NO3S. The Hall–Kier alpha value is -2.40. The van der Waals surface area contributed by atoms with E-state index in [9.17, 15) is 9.59 Å². The zero-order chi connectivity index (χ0) is 16.2. The molecule has 1 aliphatic heterocycles. The van der Waals surface area contributed by atoms with Crippen molar-refractivity contribution in [2.24, 2.45) is 0 Å². The Balaban J connectivity index is 1.61. The van der Waals surface area contributed by atoms with Gasteiger partial charge in [-0.25, -0.2) is 4.79 Å². The summed E-state index contributed by atoms with van der Waals surface area (Å²) in [4.78, 5) is 27.0. The van der Waals surface area contributed by atoms with Crippen LogP contribution in [-0.2, 0) is 20.7 Å². The highest BCUT2D eigenvalue weighted by molar-refractivity contribution is 7.10. The molecule has 0 N–H and O–H groups in total. The van der Waals surface area contributed by atoms with E-state index >= 15 is 0 Å². The number of esters is 1. The lowest BCUT2D eigenvalue weighted by Crippen LogP contribution is -2.38. The van der Waals surface area contributed by atoms with Gasteiger partial charge in [0, 0.05) is 23.2 Å². The molecule has 0 radical (unpaired) electrons. The molecule has 1 atom stereocenters. The van der Waals surface area contributed by atoms with Crippen LogP contribution >= 0.6 is 11.3 Å². The van der Waals surface area contributed by atoms with Crippen LogP contribution in [0.2, 0.25) is 0 Å². The van der Waals surface area contributed by atoms with Gasteiger partial charge in [0.2, 0.25) is 0 Å². The number of rotatable bonds is 4. The Morgan fingerprint density at radius 2 is 2.09 bits per heavy atom. The molecule has 1 aliphatic rings. The van der Waals surface area contributed by atoms with Crippen LogP contribution < -0.4 is 4.90 Å². The molecule has 0 spiro atoms. The molecule has 1 aromatic carbocycles. The summed E-state index contributed by atoms with van der Waals surface area (Å²) in [5, 5.41) is 1.93. The van der Waals surface area contributed by atoms with Crippen molar-refractivity contribution in [2.45, 2.75) is 19.4 Å². The summed E-state index contributed by atoms with van der Waals surface area (Å²) in [6.07, 6.45) is 3.07. The molecule has 23 heavy (non-hydrogen) atoms. The summed E-state index contributed by atoms with van der Waals surface area (Å²) in [5.74, 6) is -0.695. The fraction of sp³-hybridized carbons (Fsp3) is 0.222. The molecule has 1 unspecified atom stereocenters. The van der Waals surface area contributed by atoms with Crippen LogP contribution in [0.5, 0.6) is 0 Å². The molecule has 0 saturated carbocycles. The maximum absolute atomic E-state index is 12.5. The minimum atomic E-state index is -0.804. The van der Waals surface area contributed by atoms with Crippen molar-refractivity contribution in [3.63, 3.8) is 0 Å². The number of hydrogen-bond acceptors (Lipinski definition) is 4. The first-order valence-electron chi connectivity index (χ1n) is 7.46. The molecular weight excluding hydrogens is 310 g/mol. The lowest BCUT2D eigenvalue weighted by atomic mass is 10.2. The van der Waals surface area contributed by atoms with Gasteiger partial charge in [-0.1, -0.05) is 24.3 Å². The van der Waals surface area contributed by atoms with Gasteiger partial charge in [-0.05, 0) is 42.5 Å². The van der Waals surface area contributed by atoms with Crippen LogP contribution in [0.3, 0.4) is 0 Å². The Morgan fingerprint density at radius 1 is 1.26 bits per heavy atom. The van der Waals surface area contributed by atoms with Gasteiger partial charge in [0.1, 0.15) is 0 Å². The van der Waals surface area contributed by atoms with Crippen LogP contribution in [0.15, 0.2) is 47.9 Å². The molecule has 1 aromatic heterocycles. The van der Waals surface area contributed by atoms with Crippen LogP contribution in [0.1, 0.15) is 17.4 Å². The number of hydrogen-bond donors (Lipinski definition) is 0. The number of carbonyl (C=O) groups is 2. The summed E-state index contributed by atoms with van der Waals surface area (Å²) >= 11 is 1.53. The molecule has 3 rings (SSSR count). The van der Waals surface area contributed by atoms with E-state index in [4.69, 9.17) is 4.74 Å². The van der Waals surface area contributed by atoms with Gasteiger partial charge < -0.3 is 9.64 Å². The quantitative estimate of drug-likeness (QED) is 0.639. The minimum Gasteiger partial charge on any atom is -0.449 e. The molecule has 1 amide bonds. The number of thiophene rings is 1. The summed E-state index contributed by atoms with van der Waals surface area (Å²) < 4.78 is 5.23. The van der Waals surface area contributed by atoms with E-state index in [-0.39, 0.29) is 5.91 Å². The Kier molecular flexibility index (Phi) is 4.57. The largest absolute Gasteiger partial charge is 0.449 e. The predicted octanol–water partition coefficient (Wildman–Crippen LogP) is 3.28. The molecule has 0 bridgehead atoms. The number of nitrogens with zero attached hydrogens (tertiary/aromatic N) is 1. The van der Waals surface area contributed by atoms with E-state index in [2.05, 4.69) is 0 Å². The SMILES string of the molecule is CC(OC(=O)C=Cc1cccs1)C(=O)N1CCc2ccccc21. The maximum Gasteiger partial charge on any atom is 0.331 e. The highest BCUT2D eigenvalue weighted by Gasteiger charge is 2.29. The summed E-state index contributed by atoms with van der Waals surface area (Å²) in [6, 6.07) is 11.6. The number of para-hydroxylation sites is 1. The maximum atomic E-state index is 12.5. The summed E-state index contributed by atoms with van der Waals surface area (Å²) in [7, 11) is 0. The standard InChI is InChI=1S/C18H17NO3S/c1-13(22-17(20)9-8-15-6-4-12-23-15)18(21)19-11-10-14-5-2-3-7-16(14)19/h2-9,12-13H,10-11H2,1H3. The van der Waals surface area contributed by atoms with E-state index in [0.717, 1.165) is 22.5 Å². The average Bonchev–Trinajstić information content (AvgIpc) is 3.21. The van der Waals surface area contributed by atoms with Gasteiger partial charge in [0.15, 0.2) is 6.10 Å². The van der Waals surface area contributed by atoms with Crippen molar-refractivity contribution < 1.29 is 14.3 Å². The van der Waals surface area contributed by atoms with Crippen molar-refractivity contribution >= 4 is 35.0 Å². The normalized spacial score (nSPS) is 14.7. The highest BCUT2D eigenvalue weighted by Crippen LogP contribution is 2.28. The van der Waals surface area contributed by atoms with Crippen molar-refractivity contribution in [3.8, 4) is 0 Å². The third-order valence-electron chi connectivity index (χ3n) is 3.72. The van der Waals surface area contributed by atoms with Gasteiger partial charge >= 0.3 is 5.97 Å². The topological polar surface area (TPSA) is 46.6 Å². The lowest BCUT2D eigenvalue weighted by Gasteiger charge is -2.21. The van der Waals surface area contributed by atoms with E-state index in [0.29, 0.717) is 6.54 Å². The van der Waals surface area contributed by atoms with Gasteiger partial charge in [-0.2, -0.15) is 0 Å². The molecule has 118 valence electrons. The van der Waals surface area contributed by atoms with Gasteiger partial charge in [-0.15, -0.1) is 11.3 Å². The zero-order valence-electron chi connectivity index (χ0n) is 12.8. The van der Waals surface area contributed by atoms with Crippen molar-refractivity contribution in [3.05, 3.63) is 58.3 Å². The molecule has 0 fully saturated rings. The number of amides is 1. The fourth-order valence-corrected chi connectivity index (χ4v) is 3.20. The monoisotopic (exact) mass is 327 g/mol. The van der Waals surface area contributed by atoms with Gasteiger partial charge in [-0.3, -0.25) is 4.79 Å². The Morgan fingerprint density at radius 3 is 2.87 bits per heavy atom. The second-order valence-corrected chi connectivity index (χ2v) is 6.28. The van der Waals surface area contributed by atoms with Crippen LogP contribution in [0.4, 0.5) is 5.69 Å². The third-order valence-corrected chi connectivity index (χ3v) is 4.56. The van der Waals surface area contributed by atoms with Crippen molar-refractivity contribution in [1.82, 2.24) is 0 Å². The van der Waals surface area contributed by atoms with Crippen LogP contribution in [0, 0.1) is 0 Å². The smallest absolute Gasteiger partial charge is 0.331 e. The third kappa shape index (κ3) is 3.51. The number of carbonyl (C=O) groups excluding carboxylic acids is 2. The Bertz CT molecular complexity index is 736. The van der Waals surface area contributed by atoms with Crippen LogP contribution in [0.25, 0.3) is 6.08 Å².